The van der Waals surface area contributed by atoms with E-state index >= 15 is 0 Å². The SMILES string of the molecule is Cc1nc2cc[nH]n2c(=O)c1CC(=O)OC1CCCCCCC1. The molecule has 0 amide bonds. The summed E-state index contributed by atoms with van der Waals surface area (Å²) in [5.74, 6) is -0.330. The van der Waals surface area contributed by atoms with Gasteiger partial charge in [-0.25, -0.2) is 9.50 Å². The summed E-state index contributed by atoms with van der Waals surface area (Å²) in [6.07, 6.45) is 9.40. The number of hydrogen-bond acceptors (Lipinski definition) is 4. The molecular formula is C17H23N3O3. The van der Waals surface area contributed by atoms with Crippen molar-refractivity contribution in [3.8, 4) is 0 Å². The van der Waals surface area contributed by atoms with Crippen LogP contribution in [0.1, 0.15) is 56.2 Å². The Morgan fingerprint density at radius 3 is 2.74 bits per heavy atom. The van der Waals surface area contributed by atoms with Crippen molar-refractivity contribution in [2.24, 2.45) is 0 Å². The Morgan fingerprint density at radius 2 is 2.00 bits per heavy atom. The molecule has 1 N–H and O–H groups in total. The van der Waals surface area contributed by atoms with Gasteiger partial charge in [0.2, 0.25) is 0 Å². The molecule has 23 heavy (non-hydrogen) atoms. The molecule has 0 radical (unpaired) electrons. The Balaban J connectivity index is 1.71. The maximum atomic E-state index is 12.4. The summed E-state index contributed by atoms with van der Waals surface area (Å²) in [6, 6.07) is 1.73. The van der Waals surface area contributed by atoms with E-state index in [1.54, 1.807) is 19.2 Å². The first kappa shape index (κ1) is 15.8. The van der Waals surface area contributed by atoms with Crippen LogP contribution in [0.25, 0.3) is 5.65 Å². The molecule has 3 rings (SSSR count). The number of aryl methyl sites for hydroxylation is 1. The van der Waals surface area contributed by atoms with Crippen molar-refractivity contribution in [2.75, 3.05) is 0 Å². The molecule has 2 aromatic rings. The van der Waals surface area contributed by atoms with Crippen LogP contribution in [0.3, 0.4) is 0 Å². The number of nitrogens with one attached hydrogen (secondary N) is 1. The second-order valence-corrected chi connectivity index (χ2v) is 6.27. The van der Waals surface area contributed by atoms with Crippen molar-refractivity contribution in [1.82, 2.24) is 14.6 Å². The number of fused-ring (bicyclic) bond motifs is 1. The van der Waals surface area contributed by atoms with Crippen LogP contribution in [-0.2, 0) is 16.0 Å². The number of esters is 1. The van der Waals surface area contributed by atoms with Crippen molar-refractivity contribution >= 4 is 11.6 Å². The quantitative estimate of drug-likeness (QED) is 0.883. The molecular weight excluding hydrogens is 294 g/mol. The predicted octanol–water partition coefficient (Wildman–Crippen LogP) is 2.53. The van der Waals surface area contributed by atoms with Crippen LogP contribution in [0.5, 0.6) is 0 Å². The lowest BCUT2D eigenvalue weighted by molar-refractivity contribution is -0.149. The Hall–Kier alpha value is -2.11. The second kappa shape index (κ2) is 6.98. The molecule has 6 heteroatoms. The van der Waals surface area contributed by atoms with Crippen molar-refractivity contribution in [3.63, 3.8) is 0 Å². The zero-order chi connectivity index (χ0) is 16.2. The summed E-state index contributed by atoms with van der Waals surface area (Å²) in [7, 11) is 0. The van der Waals surface area contributed by atoms with Crippen LogP contribution in [0.15, 0.2) is 17.1 Å². The van der Waals surface area contributed by atoms with E-state index in [1.807, 2.05) is 0 Å². The standard InChI is InChI=1S/C17H23N3O3/c1-12-14(17(22)20-15(19-12)9-10-18-20)11-16(21)23-13-7-5-3-2-4-6-8-13/h9-10,13,18H,2-8,11H2,1H3. The van der Waals surface area contributed by atoms with Gasteiger partial charge in [-0.05, 0) is 32.6 Å². The summed E-state index contributed by atoms with van der Waals surface area (Å²) in [6.45, 7) is 1.76. The zero-order valence-electron chi connectivity index (χ0n) is 13.5. The van der Waals surface area contributed by atoms with Crippen LogP contribution in [0, 0.1) is 6.92 Å². The highest BCUT2D eigenvalue weighted by Crippen LogP contribution is 2.20. The number of carbonyl (C=O) groups excluding carboxylic acids is 1. The van der Waals surface area contributed by atoms with Crippen LogP contribution in [0.2, 0.25) is 0 Å². The number of aromatic nitrogens is 3. The number of nitrogens with zero attached hydrogens (tertiary/aromatic N) is 2. The van der Waals surface area contributed by atoms with Crippen LogP contribution in [0.4, 0.5) is 0 Å². The Kier molecular flexibility index (Phi) is 4.79. The van der Waals surface area contributed by atoms with Gasteiger partial charge in [0, 0.05) is 18.0 Å². The minimum absolute atomic E-state index is 0.00645. The Morgan fingerprint density at radius 1 is 1.30 bits per heavy atom. The topological polar surface area (TPSA) is 76.5 Å². The number of carbonyl (C=O) groups is 1. The zero-order valence-corrected chi connectivity index (χ0v) is 13.5. The van der Waals surface area contributed by atoms with Gasteiger partial charge in [0.25, 0.3) is 5.56 Å². The molecule has 0 bridgehead atoms. The molecule has 1 fully saturated rings. The van der Waals surface area contributed by atoms with E-state index in [1.165, 1.54) is 23.8 Å². The highest BCUT2D eigenvalue weighted by molar-refractivity contribution is 5.73. The molecule has 0 saturated heterocycles. The lowest BCUT2D eigenvalue weighted by Crippen LogP contribution is -2.27. The molecule has 0 spiro atoms. The fourth-order valence-corrected chi connectivity index (χ4v) is 3.22. The Bertz CT molecular complexity index is 739. The summed E-state index contributed by atoms with van der Waals surface area (Å²) < 4.78 is 6.96. The van der Waals surface area contributed by atoms with Gasteiger partial charge < -0.3 is 4.74 Å². The fraction of sp³-hybridized carbons (Fsp3) is 0.588. The van der Waals surface area contributed by atoms with E-state index in [0.717, 1.165) is 25.7 Å². The van der Waals surface area contributed by atoms with E-state index in [9.17, 15) is 9.59 Å². The van der Waals surface area contributed by atoms with Gasteiger partial charge in [0.05, 0.1) is 12.0 Å². The lowest BCUT2D eigenvalue weighted by atomic mass is 9.98. The minimum atomic E-state index is -0.330. The first-order valence-electron chi connectivity index (χ1n) is 8.40. The normalized spacial score (nSPS) is 16.9. The van der Waals surface area contributed by atoms with Crippen molar-refractivity contribution in [1.29, 1.82) is 0 Å². The summed E-state index contributed by atoms with van der Waals surface area (Å²) in [5, 5.41) is 2.81. The monoisotopic (exact) mass is 317 g/mol. The molecule has 2 heterocycles. The van der Waals surface area contributed by atoms with E-state index in [0.29, 0.717) is 16.9 Å². The third-order valence-corrected chi connectivity index (χ3v) is 4.52. The molecule has 2 aromatic heterocycles. The molecule has 1 saturated carbocycles. The molecule has 0 atom stereocenters. The van der Waals surface area contributed by atoms with E-state index in [4.69, 9.17) is 4.74 Å². The van der Waals surface area contributed by atoms with Crippen LogP contribution in [-0.4, -0.2) is 26.7 Å². The fourth-order valence-electron chi connectivity index (χ4n) is 3.22. The highest BCUT2D eigenvalue weighted by atomic mass is 16.5. The number of rotatable bonds is 3. The van der Waals surface area contributed by atoms with Gasteiger partial charge >= 0.3 is 5.97 Å². The van der Waals surface area contributed by atoms with Crippen molar-refractivity contribution < 1.29 is 9.53 Å². The molecule has 1 aliphatic rings. The number of ether oxygens (including phenoxy) is 1. The second-order valence-electron chi connectivity index (χ2n) is 6.27. The molecule has 0 aliphatic heterocycles. The van der Waals surface area contributed by atoms with Gasteiger partial charge in [-0.1, -0.05) is 19.3 Å². The average molecular weight is 317 g/mol. The first-order valence-corrected chi connectivity index (χ1v) is 8.40. The van der Waals surface area contributed by atoms with Gasteiger partial charge in [-0.15, -0.1) is 0 Å². The molecule has 0 unspecified atom stereocenters. The smallest absolute Gasteiger partial charge is 0.310 e. The Labute approximate surface area is 134 Å². The van der Waals surface area contributed by atoms with Crippen LogP contribution >= 0.6 is 0 Å². The van der Waals surface area contributed by atoms with Gasteiger partial charge in [-0.2, -0.15) is 0 Å². The molecule has 6 nitrogen and oxygen atoms in total. The molecule has 124 valence electrons. The molecule has 1 aliphatic carbocycles. The van der Waals surface area contributed by atoms with Gasteiger partial charge in [0.15, 0.2) is 5.65 Å². The summed E-state index contributed by atoms with van der Waals surface area (Å²) in [5.41, 5.74) is 1.32. The first-order chi connectivity index (χ1) is 11.1. The number of hydrogen-bond donors (Lipinski definition) is 1. The average Bonchev–Trinajstić information content (AvgIpc) is 2.94. The van der Waals surface area contributed by atoms with Gasteiger partial charge in [-0.3, -0.25) is 14.7 Å². The summed E-state index contributed by atoms with van der Waals surface area (Å²) in [4.78, 5) is 29.0. The van der Waals surface area contributed by atoms with E-state index in [-0.39, 0.29) is 24.1 Å². The third kappa shape index (κ3) is 3.63. The number of H-pyrrole nitrogens is 1. The van der Waals surface area contributed by atoms with Crippen LogP contribution < -0.4 is 5.56 Å². The minimum Gasteiger partial charge on any atom is -0.462 e. The van der Waals surface area contributed by atoms with E-state index < -0.39 is 0 Å². The number of aromatic amines is 1. The third-order valence-electron chi connectivity index (χ3n) is 4.52. The molecule has 0 aromatic carbocycles. The lowest BCUT2D eigenvalue weighted by Gasteiger charge is -2.20. The summed E-state index contributed by atoms with van der Waals surface area (Å²) >= 11 is 0. The largest absolute Gasteiger partial charge is 0.462 e. The highest BCUT2D eigenvalue weighted by Gasteiger charge is 2.19. The maximum Gasteiger partial charge on any atom is 0.310 e. The van der Waals surface area contributed by atoms with E-state index in [2.05, 4.69) is 10.1 Å². The maximum absolute atomic E-state index is 12.4. The van der Waals surface area contributed by atoms with Crippen molar-refractivity contribution in [3.05, 3.63) is 33.9 Å². The predicted molar refractivity (Wildman–Crippen MR) is 86.5 cm³/mol. The van der Waals surface area contributed by atoms with Crippen molar-refractivity contribution in [2.45, 2.75) is 64.4 Å². The van der Waals surface area contributed by atoms with Gasteiger partial charge in [0.1, 0.15) is 6.10 Å².